The Bertz CT molecular complexity index is 406. The van der Waals surface area contributed by atoms with Gasteiger partial charge in [0.15, 0.2) is 5.76 Å². The van der Waals surface area contributed by atoms with Gasteiger partial charge in [0.25, 0.3) is 5.91 Å². The van der Waals surface area contributed by atoms with Crippen LogP contribution in [0.25, 0.3) is 0 Å². The van der Waals surface area contributed by atoms with E-state index in [4.69, 9.17) is 4.42 Å². The van der Waals surface area contributed by atoms with E-state index in [9.17, 15) is 9.59 Å². The predicted octanol–water partition coefficient (Wildman–Crippen LogP) is 1.27. The lowest BCUT2D eigenvalue weighted by Crippen LogP contribution is -2.42. The van der Waals surface area contributed by atoms with E-state index in [1.165, 1.54) is 6.26 Å². The smallest absolute Gasteiger partial charge is 0.289 e. The molecule has 0 radical (unpaired) electrons. The van der Waals surface area contributed by atoms with Crippen LogP contribution in [0.4, 0.5) is 0 Å². The van der Waals surface area contributed by atoms with Gasteiger partial charge in [0, 0.05) is 25.6 Å². The van der Waals surface area contributed by atoms with Gasteiger partial charge in [0.2, 0.25) is 5.91 Å². The fraction of sp³-hybridized carbons (Fsp3) is 0.538. The molecular formula is C13H18N2O3. The van der Waals surface area contributed by atoms with E-state index in [-0.39, 0.29) is 17.7 Å². The van der Waals surface area contributed by atoms with E-state index < -0.39 is 0 Å². The van der Waals surface area contributed by atoms with Gasteiger partial charge in [-0.05, 0) is 31.9 Å². The molecule has 0 bridgehead atoms. The van der Waals surface area contributed by atoms with E-state index in [2.05, 4.69) is 5.32 Å². The van der Waals surface area contributed by atoms with Gasteiger partial charge >= 0.3 is 0 Å². The van der Waals surface area contributed by atoms with Crippen LogP contribution < -0.4 is 5.32 Å². The van der Waals surface area contributed by atoms with Crippen molar-refractivity contribution in [2.45, 2.75) is 19.8 Å². The highest BCUT2D eigenvalue weighted by molar-refractivity contribution is 5.91. The van der Waals surface area contributed by atoms with Gasteiger partial charge < -0.3 is 14.6 Å². The van der Waals surface area contributed by atoms with Crippen LogP contribution in [0.5, 0.6) is 0 Å². The maximum Gasteiger partial charge on any atom is 0.289 e. The molecule has 0 aromatic carbocycles. The minimum Gasteiger partial charge on any atom is -0.459 e. The van der Waals surface area contributed by atoms with Crippen molar-refractivity contribution in [1.29, 1.82) is 0 Å². The van der Waals surface area contributed by atoms with Crippen molar-refractivity contribution < 1.29 is 14.0 Å². The largest absolute Gasteiger partial charge is 0.459 e. The third-order valence-electron chi connectivity index (χ3n) is 3.24. The van der Waals surface area contributed by atoms with E-state index in [0.717, 1.165) is 12.8 Å². The zero-order chi connectivity index (χ0) is 13.0. The van der Waals surface area contributed by atoms with Crippen LogP contribution in [0.15, 0.2) is 22.8 Å². The fourth-order valence-corrected chi connectivity index (χ4v) is 2.22. The van der Waals surface area contributed by atoms with Crippen LogP contribution in [-0.2, 0) is 4.79 Å². The van der Waals surface area contributed by atoms with Gasteiger partial charge in [-0.3, -0.25) is 9.59 Å². The van der Waals surface area contributed by atoms with Crippen LogP contribution in [0.1, 0.15) is 30.3 Å². The normalized spacial score (nSPS) is 16.6. The predicted molar refractivity (Wildman–Crippen MR) is 66.0 cm³/mol. The summed E-state index contributed by atoms with van der Waals surface area (Å²) in [7, 11) is 0. The lowest BCUT2D eigenvalue weighted by atomic mass is 9.96. The SMILES string of the molecule is CCNC(=O)C1CCN(C(=O)c2ccco2)CC1. The molecule has 0 aliphatic carbocycles. The average molecular weight is 250 g/mol. The number of furan rings is 1. The first-order valence-electron chi connectivity index (χ1n) is 6.33. The molecule has 0 spiro atoms. The molecule has 0 saturated carbocycles. The summed E-state index contributed by atoms with van der Waals surface area (Å²) < 4.78 is 5.09. The van der Waals surface area contributed by atoms with Crippen LogP contribution in [0.3, 0.4) is 0 Å². The van der Waals surface area contributed by atoms with Crippen LogP contribution >= 0.6 is 0 Å². The van der Waals surface area contributed by atoms with E-state index in [1.807, 2.05) is 6.92 Å². The van der Waals surface area contributed by atoms with Crippen molar-refractivity contribution in [3.8, 4) is 0 Å². The van der Waals surface area contributed by atoms with Gasteiger partial charge in [0.1, 0.15) is 0 Å². The van der Waals surface area contributed by atoms with Gasteiger partial charge in [-0.25, -0.2) is 0 Å². The van der Waals surface area contributed by atoms with E-state index >= 15 is 0 Å². The Labute approximate surface area is 106 Å². The highest BCUT2D eigenvalue weighted by atomic mass is 16.3. The van der Waals surface area contributed by atoms with Gasteiger partial charge in [0.05, 0.1) is 6.26 Å². The van der Waals surface area contributed by atoms with Crippen LogP contribution in [-0.4, -0.2) is 36.3 Å². The first kappa shape index (κ1) is 12.7. The molecule has 0 atom stereocenters. The summed E-state index contributed by atoms with van der Waals surface area (Å²) in [6.45, 7) is 3.79. The summed E-state index contributed by atoms with van der Waals surface area (Å²) >= 11 is 0. The highest BCUT2D eigenvalue weighted by Crippen LogP contribution is 2.19. The number of piperidine rings is 1. The molecular weight excluding hydrogens is 232 g/mol. The molecule has 5 heteroatoms. The van der Waals surface area contributed by atoms with E-state index in [0.29, 0.717) is 25.4 Å². The quantitative estimate of drug-likeness (QED) is 0.878. The van der Waals surface area contributed by atoms with Gasteiger partial charge in [-0.15, -0.1) is 0 Å². The Morgan fingerprint density at radius 2 is 2.17 bits per heavy atom. The van der Waals surface area contributed by atoms with Crippen molar-refractivity contribution in [2.24, 2.45) is 5.92 Å². The molecule has 18 heavy (non-hydrogen) atoms. The number of nitrogens with zero attached hydrogens (tertiary/aromatic N) is 1. The standard InChI is InChI=1S/C13H18N2O3/c1-2-14-12(16)10-5-7-15(8-6-10)13(17)11-4-3-9-18-11/h3-4,9-10H,2,5-8H2,1H3,(H,14,16). The lowest BCUT2D eigenvalue weighted by molar-refractivity contribution is -0.126. The molecule has 1 aromatic rings. The summed E-state index contributed by atoms with van der Waals surface area (Å²) in [5, 5.41) is 2.83. The number of carbonyl (C=O) groups is 2. The monoisotopic (exact) mass is 250 g/mol. The minimum absolute atomic E-state index is 0.0330. The molecule has 2 amide bonds. The third kappa shape index (κ3) is 2.72. The Morgan fingerprint density at radius 1 is 1.44 bits per heavy atom. The molecule has 5 nitrogen and oxygen atoms in total. The molecule has 2 heterocycles. The Hall–Kier alpha value is -1.78. The van der Waals surface area contributed by atoms with E-state index in [1.54, 1.807) is 17.0 Å². The number of nitrogens with one attached hydrogen (secondary N) is 1. The summed E-state index contributed by atoms with van der Waals surface area (Å²) in [4.78, 5) is 25.4. The summed E-state index contributed by atoms with van der Waals surface area (Å²) in [5.41, 5.74) is 0. The van der Waals surface area contributed by atoms with Crippen molar-refractivity contribution >= 4 is 11.8 Å². The number of rotatable bonds is 3. The molecule has 1 N–H and O–H groups in total. The lowest BCUT2D eigenvalue weighted by Gasteiger charge is -2.30. The second-order valence-electron chi connectivity index (χ2n) is 4.44. The molecule has 1 aliphatic heterocycles. The highest BCUT2D eigenvalue weighted by Gasteiger charge is 2.28. The van der Waals surface area contributed by atoms with Crippen LogP contribution in [0, 0.1) is 5.92 Å². The summed E-state index contributed by atoms with van der Waals surface area (Å²) in [6.07, 6.45) is 2.94. The van der Waals surface area contributed by atoms with Crippen molar-refractivity contribution in [1.82, 2.24) is 10.2 Å². The molecule has 1 aliphatic rings. The number of carbonyl (C=O) groups excluding carboxylic acids is 2. The third-order valence-corrected chi connectivity index (χ3v) is 3.24. The Balaban J connectivity index is 1.87. The molecule has 1 saturated heterocycles. The first-order chi connectivity index (χ1) is 8.72. The average Bonchev–Trinajstić information content (AvgIpc) is 2.92. The van der Waals surface area contributed by atoms with Crippen LogP contribution in [0.2, 0.25) is 0 Å². The minimum atomic E-state index is -0.0886. The van der Waals surface area contributed by atoms with Gasteiger partial charge in [-0.1, -0.05) is 0 Å². The molecule has 0 unspecified atom stereocenters. The topological polar surface area (TPSA) is 62.6 Å². The number of hydrogen-bond acceptors (Lipinski definition) is 3. The zero-order valence-corrected chi connectivity index (χ0v) is 10.5. The second-order valence-corrected chi connectivity index (χ2v) is 4.44. The molecule has 2 rings (SSSR count). The molecule has 1 aromatic heterocycles. The van der Waals surface area contributed by atoms with Crippen molar-refractivity contribution in [3.63, 3.8) is 0 Å². The molecule has 98 valence electrons. The van der Waals surface area contributed by atoms with Crippen molar-refractivity contribution in [2.75, 3.05) is 19.6 Å². The summed E-state index contributed by atoms with van der Waals surface area (Å²) in [6, 6.07) is 3.37. The summed E-state index contributed by atoms with van der Waals surface area (Å²) in [5.74, 6) is 0.411. The molecule has 1 fully saturated rings. The fourth-order valence-electron chi connectivity index (χ4n) is 2.22. The maximum absolute atomic E-state index is 12.0. The Morgan fingerprint density at radius 3 is 2.72 bits per heavy atom. The number of likely N-dealkylation sites (tertiary alicyclic amines) is 1. The van der Waals surface area contributed by atoms with Crippen molar-refractivity contribution in [3.05, 3.63) is 24.2 Å². The maximum atomic E-state index is 12.0. The second kappa shape index (κ2) is 5.71. The van der Waals surface area contributed by atoms with Gasteiger partial charge in [-0.2, -0.15) is 0 Å². The zero-order valence-electron chi connectivity index (χ0n) is 10.5. The Kier molecular flexibility index (Phi) is 4.02. The number of amides is 2. The number of hydrogen-bond donors (Lipinski definition) is 1. The first-order valence-corrected chi connectivity index (χ1v) is 6.33.